The van der Waals surface area contributed by atoms with Crippen molar-refractivity contribution in [3.8, 4) is 0 Å². The van der Waals surface area contributed by atoms with Crippen molar-refractivity contribution < 1.29 is 13.2 Å². The molecular formula is C13H11BrF3N3. The lowest BCUT2D eigenvalue weighted by molar-refractivity contribution is -0.137. The number of aryl methyl sites for hydroxylation is 1. The highest BCUT2D eigenvalue weighted by Crippen LogP contribution is 2.29. The Morgan fingerprint density at radius 1 is 1.15 bits per heavy atom. The Bertz CT molecular complexity index is 577. The van der Waals surface area contributed by atoms with E-state index in [0.717, 1.165) is 17.7 Å². The fraction of sp³-hybridized carbons (Fsp3) is 0.231. The smallest absolute Gasteiger partial charge is 0.366 e. The van der Waals surface area contributed by atoms with Crippen LogP contribution >= 0.6 is 15.9 Å². The molecule has 3 nitrogen and oxygen atoms in total. The molecule has 2 aromatic rings. The van der Waals surface area contributed by atoms with Crippen molar-refractivity contribution in [2.45, 2.75) is 19.6 Å². The number of rotatable bonds is 3. The molecule has 0 saturated carbocycles. The first kappa shape index (κ1) is 14.8. The summed E-state index contributed by atoms with van der Waals surface area (Å²) in [6, 6.07) is 6.73. The average Bonchev–Trinajstić information content (AvgIpc) is 2.35. The van der Waals surface area contributed by atoms with E-state index < -0.39 is 11.7 Å². The zero-order valence-corrected chi connectivity index (χ0v) is 12.1. The van der Waals surface area contributed by atoms with Crippen LogP contribution in [0, 0.1) is 6.92 Å². The molecule has 1 aromatic heterocycles. The van der Waals surface area contributed by atoms with E-state index in [2.05, 4.69) is 31.2 Å². The summed E-state index contributed by atoms with van der Waals surface area (Å²) in [5.74, 6) is 1.22. The predicted octanol–water partition coefficient (Wildman–Crippen LogP) is 4.18. The van der Waals surface area contributed by atoms with Gasteiger partial charge < -0.3 is 5.32 Å². The van der Waals surface area contributed by atoms with Gasteiger partial charge in [-0.3, -0.25) is 0 Å². The summed E-state index contributed by atoms with van der Waals surface area (Å²) < 4.78 is 37.9. The van der Waals surface area contributed by atoms with Crippen LogP contribution < -0.4 is 5.32 Å². The topological polar surface area (TPSA) is 37.8 Å². The molecule has 0 unspecified atom stereocenters. The third-order valence-electron chi connectivity index (χ3n) is 2.56. The summed E-state index contributed by atoms with van der Waals surface area (Å²) in [5, 5.41) is 3.04. The van der Waals surface area contributed by atoms with Crippen molar-refractivity contribution in [3.63, 3.8) is 0 Å². The second-order valence-electron chi connectivity index (χ2n) is 4.17. The highest BCUT2D eigenvalue weighted by Gasteiger charge is 2.29. The minimum absolute atomic E-state index is 0.390. The highest BCUT2D eigenvalue weighted by molar-refractivity contribution is 9.10. The standard InChI is InChI=1S/C13H11BrF3N3/c1-8-19-11(14)6-12(20-8)18-7-9-2-4-10(5-3-9)13(15,16)17/h2-6H,7H2,1H3,(H,18,19,20). The lowest BCUT2D eigenvalue weighted by Gasteiger charge is -2.09. The van der Waals surface area contributed by atoms with Crippen molar-refractivity contribution in [1.29, 1.82) is 0 Å². The van der Waals surface area contributed by atoms with E-state index >= 15 is 0 Å². The summed E-state index contributed by atoms with van der Waals surface area (Å²) in [6.07, 6.45) is -4.30. The molecule has 0 atom stereocenters. The molecule has 0 aliphatic rings. The van der Waals surface area contributed by atoms with E-state index in [1.54, 1.807) is 13.0 Å². The van der Waals surface area contributed by atoms with Gasteiger partial charge >= 0.3 is 6.18 Å². The first-order chi connectivity index (χ1) is 9.34. The van der Waals surface area contributed by atoms with Crippen LogP contribution in [0.1, 0.15) is 17.0 Å². The molecule has 0 saturated heterocycles. The SMILES string of the molecule is Cc1nc(Br)cc(NCc2ccc(C(F)(F)F)cc2)n1. The van der Waals surface area contributed by atoms with E-state index in [1.165, 1.54) is 12.1 Å². The molecule has 20 heavy (non-hydrogen) atoms. The molecule has 1 aromatic carbocycles. The van der Waals surface area contributed by atoms with Crippen LogP contribution in [0.15, 0.2) is 34.9 Å². The fourth-order valence-electron chi connectivity index (χ4n) is 1.63. The third-order valence-corrected chi connectivity index (χ3v) is 2.97. The molecule has 0 amide bonds. The summed E-state index contributed by atoms with van der Waals surface area (Å²) in [5.41, 5.74) is 0.0901. The normalized spacial score (nSPS) is 11.4. The van der Waals surface area contributed by atoms with Crippen molar-refractivity contribution in [1.82, 2.24) is 9.97 Å². The van der Waals surface area contributed by atoms with Gasteiger partial charge in [-0.2, -0.15) is 13.2 Å². The van der Waals surface area contributed by atoms with E-state index in [4.69, 9.17) is 0 Å². The summed E-state index contributed by atoms with van der Waals surface area (Å²) in [6.45, 7) is 2.15. The Morgan fingerprint density at radius 2 is 1.80 bits per heavy atom. The first-order valence-electron chi connectivity index (χ1n) is 5.76. The molecule has 0 bridgehead atoms. The van der Waals surface area contributed by atoms with Gasteiger partial charge in [0.25, 0.3) is 0 Å². The highest BCUT2D eigenvalue weighted by atomic mass is 79.9. The number of aromatic nitrogens is 2. The number of hydrogen-bond acceptors (Lipinski definition) is 3. The summed E-state index contributed by atoms with van der Waals surface area (Å²) in [7, 11) is 0. The molecule has 7 heteroatoms. The van der Waals surface area contributed by atoms with Crippen molar-refractivity contribution >= 4 is 21.7 Å². The Kier molecular flexibility index (Phi) is 4.27. The van der Waals surface area contributed by atoms with E-state index in [1.807, 2.05) is 0 Å². The second-order valence-corrected chi connectivity index (χ2v) is 4.98. The van der Waals surface area contributed by atoms with Crippen LogP contribution in [0.3, 0.4) is 0 Å². The third kappa shape index (κ3) is 3.93. The maximum absolute atomic E-state index is 12.4. The molecule has 1 heterocycles. The van der Waals surface area contributed by atoms with Crippen LogP contribution in [0.25, 0.3) is 0 Å². The van der Waals surface area contributed by atoms with Crippen LogP contribution in [0.5, 0.6) is 0 Å². The van der Waals surface area contributed by atoms with E-state index in [0.29, 0.717) is 22.8 Å². The van der Waals surface area contributed by atoms with Gasteiger partial charge in [-0.05, 0) is 40.5 Å². The first-order valence-corrected chi connectivity index (χ1v) is 6.55. The number of hydrogen-bond donors (Lipinski definition) is 1. The van der Waals surface area contributed by atoms with Gasteiger partial charge in [0, 0.05) is 12.6 Å². The van der Waals surface area contributed by atoms with Gasteiger partial charge in [0.1, 0.15) is 16.2 Å². The molecule has 0 spiro atoms. The number of benzene rings is 1. The van der Waals surface area contributed by atoms with Gasteiger partial charge in [-0.1, -0.05) is 12.1 Å². The molecule has 106 valence electrons. The number of nitrogens with one attached hydrogen (secondary N) is 1. The van der Waals surface area contributed by atoms with E-state index in [9.17, 15) is 13.2 Å². The minimum Gasteiger partial charge on any atom is -0.366 e. The lowest BCUT2D eigenvalue weighted by atomic mass is 10.1. The number of alkyl halides is 3. The minimum atomic E-state index is -4.30. The van der Waals surface area contributed by atoms with Gasteiger partial charge in [0.2, 0.25) is 0 Å². The molecule has 0 radical (unpaired) electrons. The Morgan fingerprint density at radius 3 is 2.35 bits per heavy atom. The van der Waals surface area contributed by atoms with Crippen LogP contribution in [0.4, 0.5) is 19.0 Å². The molecule has 0 aliphatic heterocycles. The zero-order valence-electron chi connectivity index (χ0n) is 10.5. The zero-order chi connectivity index (χ0) is 14.8. The van der Waals surface area contributed by atoms with Crippen molar-refractivity contribution in [3.05, 3.63) is 51.9 Å². The number of anilines is 1. The van der Waals surface area contributed by atoms with E-state index in [-0.39, 0.29) is 0 Å². The average molecular weight is 346 g/mol. The van der Waals surface area contributed by atoms with Crippen LogP contribution in [-0.2, 0) is 12.7 Å². The summed E-state index contributed by atoms with van der Waals surface area (Å²) >= 11 is 3.25. The lowest BCUT2D eigenvalue weighted by Crippen LogP contribution is -2.06. The number of nitrogens with zero attached hydrogens (tertiary/aromatic N) is 2. The fourth-order valence-corrected chi connectivity index (χ4v) is 2.10. The molecule has 2 rings (SSSR count). The molecular weight excluding hydrogens is 335 g/mol. The molecule has 1 N–H and O–H groups in total. The maximum atomic E-state index is 12.4. The number of halogens is 4. The monoisotopic (exact) mass is 345 g/mol. The van der Waals surface area contributed by atoms with Gasteiger partial charge in [0.15, 0.2) is 0 Å². The second kappa shape index (κ2) is 5.78. The van der Waals surface area contributed by atoms with Crippen LogP contribution in [-0.4, -0.2) is 9.97 Å². The molecule has 0 fully saturated rings. The Hall–Kier alpha value is -1.63. The Balaban J connectivity index is 2.04. The van der Waals surface area contributed by atoms with Crippen molar-refractivity contribution in [2.24, 2.45) is 0 Å². The largest absolute Gasteiger partial charge is 0.416 e. The predicted molar refractivity (Wildman–Crippen MR) is 73.2 cm³/mol. The van der Waals surface area contributed by atoms with Gasteiger partial charge in [-0.15, -0.1) is 0 Å². The van der Waals surface area contributed by atoms with Gasteiger partial charge in [-0.25, -0.2) is 9.97 Å². The van der Waals surface area contributed by atoms with Crippen LogP contribution in [0.2, 0.25) is 0 Å². The Labute approximate surface area is 122 Å². The summed E-state index contributed by atoms with van der Waals surface area (Å²) in [4.78, 5) is 8.24. The van der Waals surface area contributed by atoms with Gasteiger partial charge in [0.05, 0.1) is 5.56 Å². The maximum Gasteiger partial charge on any atom is 0.416 e. The molecule has 0 aliphatic carbocycles. The van der Waals surface area contributed by atoms with Crippen molar-refractivity contribution in [2.75, 3.05) is 5.32 Å². The quantitative estimate of drug-likeness (QED) is 0.848.